The van der Waals surface area contributed by atoms with Gasteiger partial charge < -0.3 is 20.2 Å². The van der Waals surface area contributed by atoms with Crippen LogP contribution in [0.3, 0.4) is 0 Å². The van der Waals surface area contributed by atoms with Crippen molar-refractivity contribution in [2.45, 2.75) is 37.8 Å². The average molecular weight is 402 g/mol. The van der Waals surface area contributed by atoms with E-state index >= 15 is 0 Å². The monoisotopic (exact) mass is 402 g/mol. The second-order valence-electron chi connectivity index (χ2n) is 6.78. The fraction of sp³-hybridized carbons (Fsp3) is 0.450. The Morgan fingerprint density at radius 1 is 1.21 bits per heavy atom. The van der Waals surface area contributed by atoms with Gasteiger partial charge in [0.1, 0.15) is 18.6 Å². The molecule has 1 aromatic carbocycles. The Balaban J connectivity index is 1.89. The maximum absolute atomic E-state index is 12.6. The molecule has 0 saturated carbocycles. The minimum absolute atomic E-state index is 0.0471. The maximum atomic E-state index is 12.6. The number of hydrogen-bond donors (Lipinski definition) is 2. The van der Waals surface area contributed by atoms with Crippen molar-refractivity contribution in [1.29, 1.82) is 0 Å². The first kappa shape index (κ1) is 22.2. The second kappa shape index (κ2) is 11.1. The molecule has 9 nitrogen and oxygen atoms in total. The first-order valence-electron chi connectivity index (χ1n) is 9.53. The summed E-state index contributed by atoms with van der Waals surface area (Å²) in [5.74, 6) is -0.920. The van der Waals surface area contributed by atoms with Crippen molar-refractivity contribution in [3.63, 3.8) is 0 Å². The number of hydrazine groups is 1. The number of rotatable bonds is 9. The van der Waals surface area contributed by atoms with Crippen LogP contribution in [0.2, 0.25) is 0 Å². The lowest BCUT2D eigenvalue weighted by Gasteiger charge is -2.41. The molecule has 0 radical (unpaired) electrons. The highest BCUT2D eigenvalue weighted by molar-refractivity contribution is 5.95. The minimum Gasteiger partial charge on any atom is -0.348 e. The molecular weight excluding hydrogens is 376 g/mol. The van der Waals surface area contributed by atoms with Crippen LogP contribution in [0.25, 0.3) is 0 Å². The molecule has 0 spiro atoms. The Bertz CT molecular complexity index is 740. The van der Waals surface area contributed by atoms with E-state index in [9.17, 15) is 24.0 Å². The molecule has 0 aromatic heterocycles. The van der Waals surface area contributed by atoms with E-state index < -0.39 is 12.1 Å². The van der Waals surface area contributed by atoms with Gasteiger partial charge in [-0.3, -0.25) is 19.4 Å². The first-order chi connectivity index (χ1) is 14.0. The van der Waals surface area contributed by atoms with Crippen LogP contribution in [-0.4, -0.2) is 72.5 Å². The number of amides is 3. The third-order valence-corrected chi connectivity index (χ3v) is 4.82. The molecule has 1 saturated heterocycles. The van der Waals surface area contributed by atoms with Crippen molar-refractivity contribution in [1.82, 2.24) is 20.7 Å². The van der Waals surface area contributed by atoms with E-state index in [1.807, 2.05) is 0 Å². The van der Waals surface area contributed by atoms with Crippen molar-refractivity contribution in [3.05, 3.63) is 35.9 Å². The van der Waals surface area contributed by atoms with Crippen LogP contribution in [0, 0.1) is 0 Å². The Kier molecular flexibility index (Phi) is 8.47. The number of carbonyl (C=O) groups is 5. The van der Waals surface area contributed by atoms with E-state index in [4.69, 9.17) is 0 Å². The molecule has 2 rings (SSSR count). The highest BCUT2D eigenvalue weighted by Crippen LogP contribution is 2.18. The molecule has 1 aliphatic rings. The molecule has 3 amide bonds. The van der Waals surface area contributed by atoms with Gasteiger partial charge in [0.15, 0.2) is 0 Å². The summed E-state index contributed by atoms with van der Waals surface area (Å²) in [6.07, 6.45) is 2.65. The minimum atomic E-state index is -0.784. The summed E-state index contributed by atoms with van der Waals surface area (Å²) in [4.78, 5) is 58.7. The van der Waals surface area contributed by atoms with E-state index in [2.05, 4.69) is 10.6 Å². The lowest BCUT2D eigenvalue weighted by molar-refractivity contribution is -0.160. The zero-order chi connectivity index (χ0) is 21.2. The molecule has 1 aromatic rings. The summed E-state index contributed by atoms with van der Waals surface area (Å²) in [5.41, 5.74) is 0.436. The van der Waals surface area contributed by atoms with Crippen LogP contribution in [0.15, 0.2) is 30.3 Å². The molecule has 0 bridgehead atoms. The molecule has 0 unspecified atom stereocenters. The van der Waals surface area contributed by atoms with Gasteiger partial charge >= 0.3 is 0 Å². The fourth-order valence-electron chi connectivity index (χ4n) is 3.23. The highest BCUT2D eigenvalue weighted by atomic mass is 16.2. The lowest BCUT2D eigenvalue weighted by atomic mass is 10.1. The van der Waals surface area contributed by atoms with E-state index in [1.165, 1.54) is 5.01 Å². The average Bonchev–Trinajstić information content (AvgIpc) is 2.75. The summed E-state index contributed by atoms with van der Waals surface area (Å²) in [6, 6.07) is 7.20. The first-order valence-corrected chi connectivity index (χ1v) is 9.53. The highest BCUT2D eigenvalue weighted by Gasteiger charge is 2.33. The van der Waals surface area contributed by atoms with Crippen LogP contribution in [0.5, 0.6) is 0 Å². The molecular formula is C20H26N4O5. The summed E-state index contributed by atoms with van der Waals surface area (Å²) < 4.78 is 0. The summed E-state index contributed by atoms with van der Waals surface area (Å²) in [6.45, 7) is 0.397. The molecule has 156 valence electrons. The smallest absolute Gasteiger partial charge is 0.251 e. The predicted octanol–water partition coefficient (Wildman–Crippen LogP) is -0.0830. The van der Waals surface area contributed by atoms with E-state index in [0.717, 1.165) is 0 Å². The topological polar surface area (TPSA) is 116 Å². The van der Waals surface area contributed by atoms with E-state index in [1.54, 1.807) is 42.4 Å². The van der Waals surface area contributed by atoms with Crippen molar-refractivity contribution in [2.24, 2.45) is 0 Å². The molecule has 1 aliphatic heterocycles. The van der Waals surface area contributed by atoms with E-state index in [0.29, 0.717) is 37.5 Å². The van der Waals surface area contributed by atoms with Gasteiger partial charge in [-0.15, -0.1) is 0 Å². The third-order valence-electron chi connectivity index (χ3n) is 4.82. The number of hydrogen-bond acceptors (Lipinski definition) is 6. The van der Waals surface area contributed by atoms with Crippen LogP contribution < -0.4 is 10.6 Å². The molecule has 1 fully saturated rings. The Hall–Kier alpha value is -3.07. The Morgan fingerprint density at radius 3 is 2.59 bits per heavy atom. The third kappa shape index (κ3) is 6.21. The second-order valence-corrected chi connectivity index (χ2v) is 6.78. The predicted molar refractivity (Wildman–Crippen MR) is 105 cm³/mol. The number of benzene rings is 1. The Morgan fingerprint density at radius 2 is 1.93 bits per heavy atom. The van der Waals surface area contributed by atoms with Crippen LogP contribution in [0.1, 0.15) is 36.0 Å². The van der Waals surface area contributed by atoms with Gasteiger partial charge in [-0.25, -0.2) is 5.01 Å². The van der Waals surface area contributed by atoms with Crippen molar-refractivity contribution in [2.75, 3.05) is 20.1 Å². The van der Waals surface area contributed by atoms with Crippen LogP contribution in [0.4, 0.5) is 0 Å². The molecule has 2 N–H and O–H groups in total. The van der Waals surface area contributed by atoms with E-state index in [-0.39, 0.29) is 37.1 Å². The number of carbonyl (C=O) groups excluding carboxylic acids is 5. The number of likely N-dealkylation sites (N-methyl/N-ethyl adjacent to an activating group) is 1. The normalized spacial score (nSPS) is 17.8. The Labute approximate surface area is 169 Å². The number of nitrogens with one attached hydrogen (secondary N) is 2. The van der Waals surface area contributed by atoms with Crippen molar-refractivity contribution in [3.8, 4) is 0 Å². The number of aldehydes is 2. The molecule has 2 atom stereocenters. The number of nitrogens with zero attached hydrogens (tertiary/aromatic N) is 2. The lowest BCUT2D eigenvalue weighted by Crippen LogP contribution is -2.58. The van der Waals surface area contributed by atoms with Gasteiger partial charge in [-0.1, -0.05) is 18.2 Å². The summed E-state index contributed by atoms with van der Waals surface area (Å²) in [5, 5.41) is 8.18. The quantitative estimate of drug-likeness (QED) is 0.558. The van der Waals surface area contributed by atoms with Gasteiger partial charge in [0, 0.05) is 25.6 Å². The van der Waals surface area contributed by atoms with Gasteiger partial charge in [0.2, 0.25) is 11.8 Å². The van der Waals surface area contributed by atoms with Gasteiger partial charge in [-0.05, 0) is 31.4 Å². The standard InChI is InChI=1S/C20H26N4O5/c1-23-17(20(29)21-11-13-25)8-5-12-24(23)18(27)10-9-16(14-26)22-19(28)15-6-3-2-4-7-15/h2-4,6-7,13-14,16-17H,5,8-12H2,1H3,(H,21,29)(H,22,28)/t16-,17-/m0/s1. The van der Waals surface area contributed by atoms with Crippen LogP contribution >= 0.6 is 0 Å². The van der Waals surface area contributed by atoms with Gasteiger partial charge in [-0.2, -0.15) is 0 Å². The van der Waals surface area contributed by atoms with Gasteiger partial charge in [0.25, 0.3) is 5.91 Å². The molecule has 29 heavy (non-hydrogen) atoms. The van der Waals surface area contributed by atoms with Gasteiger partial charge in [0.05, 0.1) is 12.6 Å². The zero-order valence-electron chi connectivity index (χ0n) is 16.4. The molecule has 9 heteroatoms. The summed E-state index contributed by atoms with van der Waals surface area (Å²) >= 11 is 0. The SMILES string of the molecule is CN1[C@H](C(=O)NCC=O)CCCN1C(=O)CC[C@@H](C=O)NC(=O)c1ccccc1. The fourth-order valence-corrected chi connectivity index (χ4v) is 3.23. The maximum Gasteiger partial charge on any atom is 0.251 e. The summed E-state index contributed by atoms with van der Waals surface area (Å²) in [7, 11) is 1.65. The largest absolute Gasteiger partial charge is 0.348 e. The zero-order valence-corrected chi connectivity index (χ0v) is 16.4. The molecule has 1 heterocycles. The van der Waals surface area contributed by atoms with Crippen molar-refractivity contribution < 1.29 is 24.0 Å². The molecule has 0 aliphatic carbocycles. The van der Waals surface area contributed by atoms with Crippen LogP contribution in [-0.2, 0) is 19.2 Å². The van der Waals surface area contributed by atoms with Crippen molar-refractivity contribution >= 4 is 30.3 Å².